The number of pyridine rings is 1. The third-order valence-electron chi connectivity index (χ3n) is 5.73. The van der Waals surface area contributed by atoms with Crippen LogP contribution in [0.3, 0.4) is 0 Å². The zero-order valence-electron chi connectivity index (χ0n) is 19.4. The van der Waals surface area contributed by atoms with Gasteiger partial charge in [0.1, 0.15) is 0 Å². The highest BCUT2D eigenvalue weighted by molar-refractivity contribution is 8.00. The Kier molecular flexibility index (Phi) is 7.06. The lowest BCUT2D eigenvalue weighted by molar-refractivity contribution is -0.115. The van der Waals surface area contributed by atoms with E-state index in [0.717, 1.165) is 48.9 Å². The molecule has 1 atom stereocenters. The molecule has 1 saturated heterocycles. The van der Waals surface area contributed by atoms with Crippen LogP contribution in [0.15, 0.2) is 84.3 Å². The first-order valence-electron chi connectivity index (χ1n) is 11.5. The topological polar surface area (TPSA) is 85.2 Å². The maximum Gasteiger partial charge on any atom is 0.237 e. The minimum absolute atomic E-state index is 0.0975. The molecule has 1 fully saturated rings. The number of nitrogens with one attached hydrogen (secondary N) is 1. The Bertz CT molecular complexity index is 1260. The van der Waals surface area contributed by atoms with E-state index < -0.39 is 0 Å². The Labute approximate surface area is 208 Å². The molecule has 0 radical (unpaired) electrons. The first-order chi connectivity index (χ1) is 17.2. The maximum absolute atomic E-state index is 13.0. The number of benzene rings is 2. The predicted octanol–water partition coefficient (Wildman–Crippen LogP) is 4.29. The lowest BCUT2D eigenvalue weighted by atomic mass is 10.2. The van der Waals surface area contributed by atoms with Gasteiger partial charge in [-0.1, -0.05) is 30.0 Å². The van der Waals surface area contributed by atoms with Gasteiger partial charge in [0.25, 0.3) is 0 Å². The van der Waals surface area contributed by atoms with Crippen molar-refractivity contribution in [1.29, 1.82) is 0 Å². The molecule has 1 N–H and O–H groups in total. The quantitative estimate of drug-likeness (QED) is 0.390. The minimum Gasteiger partial charge on any atom is -0.378 e. The van der Waals surface area contributed by atoms with Crippen LogP contribution in [0.4, 0.5) is 11.4 Å². The number of hydrogen-bond acceptors (Lipinski definition) is 7. The summed E-state index contributed by atoms with van der Waals surface area (Å²) in [5.74, 6) is 0.581. The fourth-order valence-electron chi connectivity index (χ4n) is 3.87. The van der Waals surface area contributed by atoms with E-state index in [1.54, 1.807) is 12.4 Å². The second-order valence-corrected chi connectivity index (χ2v) is 9.42. The highest BCUT2D eigenvalue weighted by atomic mass is 32.2. The summed E-state index contributed by atoms with van der Waals surface area (Å²) >= 11 is 1.37. The molecular weight excluding hydrogens is 460 g/mol. The number of amides is 1. The summed E-state index contributed by atoms with van der Waals surface area (Å²) < 4.78 is 7.38. The maximum atomic E-state index is 13.0. The lowest BCUT2D eigenvalue weighted by Gasteiger charge is -2.28. The van der Waals surface area contributed by atoms with Crippen LogP contribution >= 0.6 is 11.8 Å². The zero-order valence-corrected chi connectivity index (χ0v) is 20.2. The number of ether oxygens (including phenoxy) is 1. The van der Waals surface area contributed by atoms with Crippen LogP contribution in [0.1, 0.15) is 6.92 Å². The summed E-state index contributed by atoms with van der Waals surface area (Å²) in [4.78, 5) is 19.5. The third kappa shape index (κ3) is 5.36. The van der Waals surface area contributed by atoms with Crippen molar-refractivity contribution in [3.63, 3.8) is 0 Å². The number of rotatable bonds is 7. The SMILES string of the molecule is C[C@@H](Sc1nnc(-c2cccnc2)n1-c1ccccc1)C(=O)Nc1ccc(N2CCOCC2)cc1. The number of anilines is 2. The molecule has 0 aliphatic carbocycles. The van der Waals surface area contributed by atoms with E-state index in [2.05, 4.69) is 25.4 Å². The van der Waals surface area contributed by atoms with Crippen molar-refractivity contribution in [2.45, 2.75) is 17.3 Å². The number of nitrogens with zero attached hydrogens (tertiary/aromatic N) is 5. The number of aromatic nitrogens is 4. The molecule has 178 valence electrons. The Hall–Kier alpha value is -3.69. The van der Waals surface area contributed by atoms with Crippen molar-refractivity contribution in [2.24, 2.45) is 0 Å². The van der Waals surface area contributed by atoms with Crippen LogP contribution in [0, 0.1) is 0 Å². The summed E-state index contributed by atoms with van der Waals surface area (Å²) in [7, 11) is 0. The van der Waals surface area contributed by atoms with Crippen LogP contribution in [-0.4, -0.2) is 57.2 Å². The Balaban J connectivity index is 1.32. The average molecular weight is 487 g/mol. The van der Waals surface area contributed by atoms with E-state index in [1.165, 1.54) is 11.8 Å². The van der Waals surface area contributed by atoms with E-state index in [9.17, 15) is 4.79 Å². The van der Waals surface area contributed by atoms with E-state index in [0.29, 0.717) is 11.0 Å². The zero-order chi connectivity index (χ0) is 24.0. The average Bonchev–Trinajstić information content (AvgIpc) is 3.34. The van der Waals surface area contributed by atoms with Gasteiger partial charge in [0.2, 0.25) is 5.91 Å². The number of thioether (sulfide) groups is 1. The van der Waals surface area contributed by atoms with Crippen molar-refractivity contribution in [3.8, 4) is 17.1 Å². The summed E-state index contributed by atoms with van der Waals surface area (Å²) in [6.45, 7) is 5.10. The Morgan fingerprint density at radius 1 is 0.971 bits per heavy atom. The first kappa shape index (κ1) is 23.1. The summed E-state index contributed by atoms with van der Waals surface area (Å²) in [6, 6.07) is 21.6. The summed E-state index contributed by atoms with van der Waals surface area (Å²) in [6.07, 6.45) is 3.48. The molecule has 0 saturated carbocycles. The van der Waals surface area contributed by atoms with Crippen LogP contribution in [-0.2, 0) is 9.53 Å². The van der Waals surface area contributed by atoms with Gasteiger partial charge in [0.05, 0.1) is 18.5 Å². The molecule has 1 aliphatic rings. The highest BCUT2D eigenvalue weighted by Crippen LogP contribution is 2.30. The number of carbonyl (C=O) groups is 1. The van der Waals surface area contributed by atoms with Crippen molar-refractivity contribution >= 4 is 29.0 Å². The smallest absolute Gasteiger partial charge is 0.237 e. The highest BCUT2D eigenvalue weighted by Gasteiger charge is 2.22. The molecule has 2 aromatic heterocycles. The van der Waals surface area contributed by atoms with E-state index >= 15 is 0 Å². The monoisotopic (exact) mass is 486 g/mol. The molecule has 1 amide bonds. The van der Waals surface area contributed by atoms with Gasteiger partial charge in [-0.25, -0.2) is 0 Å². The first-order valence-corrected chi connectivity index (χ1v) is 12.4. The molecule has 3 heterocycles. The van der Waals surface area contributed by atoms with E-state index in [1.807, 2.05) is 78.2 Å². The normalized spacial score (nSPS) is 14.5. The molecule has 4 aromatic rings. The number of hydrogen-bond donors (Lipinski definition) is 1. The second-order valence-electron chi connectivity index (χ2n) is 8.11. The molecular formula is C26H26N6O2S. The van der Waals surface area contributed by atoms with Gasteiger partial charge in [-0.2, -0.15) is 0 Å². The molecule has 0 spiro atoms. The third-order valence-corrected chi connectivity index (χ3v) is 6.77. The lowest BCUT2D eigenvalue weighted by Crippen LogP contribution is -2.36. The molecule has 8 nitrogen and oxygen atoms in total. The van der Waals surface area contributed by atoms with E-state index in [-0.39, 0.29) is 11.2 Å². The van der Waals surface area contributed by atoms with Gasteiger partial charge in [0.15, 0.2) is 11.0 Å². The summed E-state index contributed by atoms with van der Waals surface area (Å²) in [5.41, 5.74) is 3.67. The van der Waals surface area contributed by atoms with Crippen LogP contribution in [0.5, 0.6) is 0 Å². The number of para-hydroxylation sites is 1. The Morgan fingerprint density at radius 3 is 2.46 bits per heavy atom. The minimum atomic E-state index is -0.387. The molecule has 2 aromatic carbocycles. The molecule has 0 unspecified atom stereocenters. The largest absolute Gasteiger partial charge is 0.378 e. The van der Waals surface area contributed by atoms with Crippen molar-refractivity contribution in [3.05, 3.63) is 79.1 Å². The van der Waals surface area contributed by atoms with Gasteiger partial charge in [-0.3, -0.25) is 14.3 Å². The Morgan fingerprint density at radius 2 is 1.74 bits per heavy atom. The van der Waals surface area contributed by atoms with Gasteiger partial charge < -0.3 is 15.0 Å². The van der Waals surface area contributed by atoms with Gasteiger partial charge in [-0.05, 0) is 55.5 Å². The van der Waals surface area contributed by atoms with Gasteiger partial charge >= 0.3 is 0 Å². The predicted molar refractivity (Wildman–Crippen MR) is 138 cm³/mol. The van der Waals surface area contributed by atoms with E-state index in [4.69, 9.17) is 4.74 Å². The van der Waals surface area contributed by atoms with Crippen LogP contribution < -0.4 is 10.2 Å². The second kappa shape index (κ2) is 10.7. The summed E-state index contributed by atoms with van der Waals surface area (Å²) in [5, 5.41) is 12.1. The standard InChI is InChI=1S/C26H26N6O2S/c1-19(25(33)28-21-9-11-22(12-10-21)31-14-16-34-17-15-31)35-26-30-29-24(20-6-5-13-27-18-20)32(26)23-7-3-2-4-8-23/h2-13,18-19H,14-17H2,1H3,(H,28,33)/t19-/m1/s1. The molecule has 1 aliphatic heterocycles. The fraction of sp³-hybridized carbons (Fsp3) is 0.231. The van der Waals surface area contributed by atoms with Crippen molar-refractivity contribution in [1.82, 2.24) is 19.7 Å². The van der Waals surface area contributed by atoms with Crippen molar-refractivity contribution < 1.29 is 9.53 Å². The fourth-order valence-corrected chi connectivity index (χ4v) is 4.74. The van der Waals surface area contributed by atoms with Crippen LogP contribution in [0.2, 0.25) is 0 Å². The number of carbonyl (C=O) groups excluding carboxylic acids is 1. The molecule has 5 rings (SSSR count). The molecule has 35 heavy (non-hydrogen) atoms. The van der Waals surface area contributed by atoms with Crippen molar-refractivity contribution in [2.75, 3.05) is 36.5 Å². The van der Waals surface area contributed by atoms with Crippen LogP contribution in [0.25, 0.3) is 17.1 Å². The number of morpholine rings is 1. The molecule has 0 bridgehead atoms. The van der Waals surface area contributed by atoms with Gasteiger partial charge in [-0.15, -0.1) is 10.2 Å². The molecule has 9 heteroatoms. The van der Waals surface area contributed by atoms with Gasteiger partial charge in [0, 0.05) is 48.1 Å².